The number of fused-ring (bicyclic) bond motifs is 3. The molecule has 0 fully saturated rings. The minimum Gasteiger partial charge on any atom is -0.472 e. The molecule has 1 N–H and O–H groups in total. The van der Waals surface area contributed by atoms with Gasteiger partial charge in [-0.1, -0.05) is 0 Å². The lowest BCUT2D eigenvalue weighted by atomic mass is 10.0. The molecule has 10 heteroatoms. The van der Waals surface area contributed by atoms with Crippen molar-refractivity contribution in [3.63, 3.8) is 0 Å². The Morgan fingerprint density at radius 3 is 2.76 bits per heavy atom. The summed E-state index contributed by atoms with van der Waals surface area (Å²) in [6, 6.07) is 10.9. The summed E-state index contributed by atoms with van der Waals surface area (Å²) in [4.78, 5) is 17.7. The number of amides is 1. The lowest BCUT2D eigenvalue weighted by Gasteiger charge is -2.23. The van der Waals surface area contributed by atoms with Crippen LogP contribution in [-0.2, 0) is 11.3 Å². The average Bonchev–Trinajstić information content (AvgIpc) is 3.41. The topological polar surface area (TPSA) is 78.5 Å². The average molecular weight is 474 g/mol. The monoisotopic (exact) mass is 473 g/mol. The van der Waals surface area contributed by atoms with E-state index in [-0.39, 0.29) is 17.7 Å². The molecule has 1 amide bonds. The number of alkyl halides is 3. The first kappa shape index (κ1) is 21.4. The summed E-state index contributed by atoms with van der Waals surface area (Å²) in [7, 11) is 0. The normalized spacial score (nSPS) is 15.9. The van der Waals surface area contributed by atoms with Gasteiger partial charge in [-0.3, -0.25) is 4.79 Å². The Labute approximate surface area is 191 Å². The zero-order chi connectivity index (χ0) is 23.2. The second-order valence-corrected chi connectivity index (χ2v) is 8.13. The number of aromatic nitrogens is 2. The van der Waals surface area contributed by atoms with Crippen LogP contribution in [0.15, 0.2) is 59.4 Å². The number of hydrogen-bond donors (Lipinski definition) is 1. The van der Waals surface area contributed by atoms with Gasteiger partial charge in [-0.05, 0) is 49.4 Å². The molecule has 2 aromatic heterocycles. The van der Waals surface area contributed by atoms with Crippen LogP contribution in [-0.4, -0.2) is 27.6 Å². The van der Waals surface area contributed by atoms with Crippen molar-refractivity contribution < 1.29 is 27.5 Å². The number of hydrogen-bond acceptors (Lipinski definition) is 5. The van der Waals surface area contributed by atoms with E-state index in [1.165, 1.54) is 24.3 Å². The fourth-order valence-corrected chi connectivity index (χ4v) is 4.05. The molecule has 1 aliphatic rings. The molecule has 0 aliphatic carbocycles. The third kappa shape index (κ3) is 4.29. The summed E-state index contributed by atoms with van der Waals surface area (Å²) in [5, 5.41) is 2.76. The zero-order valence-corrected chi connectivity index (χ0v) is 18.1. The molecule has 33 heavy (non-hydrogen) atoms. The van der Waals surface area contributed by atoms with Gasteiger partial charge < -0.3 is 23.8 Å². The summed E-state index contributed by atoms with van der Waals surface area (Å²) >= 11 is 4.78. The fourth-order valence-electron chi connectivity index (χ4n) is 3.96. The molecule has 0 saturated heterocycles. The van der Waals surface area contributed by atoms with Crippen molar-refractivity contribution in [1.29, 1.82) is 0 Å². The second kappa shape index (κ2) is 8.17. The van der Waals surface area contributed by atoms with Gasteiger partial charge in [0.05, 0.1) is 36.2 Å². The molecular formula is C23H18ClF2N3O4. The number of halogens is 3. The Bertz CT molecular complexity index is 1310. The fraction of sp³-hybridized carbons (Fsp3) is 0.217. The number of rotatable bonds is 5. The summed E-state index contributed by atoms with van der Waals surface area (Å²) in [6.45, 7) is 3.01. The molecule has 0 spiro atoms. The van der Waals surface area contributed by atoms with E-state index in [9.17, 15) is 13.6 Å². The summed E-state index contributed by atoms with van der Waals surface area (Å²) in [5.41, 5.74) is 0.181. The van der Waals surface area contributed by atoms with Crippen LogP contribution >= 0.6 is 11.6 Å². The maximum absolute atomic E-state index is 13.0. The van der Waals surface area contributed by atoms with Gasteiger partial charge in [0.15, 0.2) is 0 Å². The molecule has 5 rings (SSSR count). The molecule has 7 nitrogen and oxygen atoms in total. The van der Waals surface area contributed by atoms with Crippen LogP contribution in [0.3, 0.4) is 0 Å². The number of furan rings is 1. The van der Waals surface area contributed by atoms with Crippen LogP contribution in [0.25, 0.3) is 22.2 Å². The largest absolute Gasteiger partial charge is 0.487 e. The smallest absolute Gasteiger partial charge is 0.472 e. The van der Waals surface area contributed by atoms with Crippen molar-refractivity contribution in [3.05, 3.63) is 66.4 Å². The molecule has 4 aromatic rings. The van der Waals surface area contributed by atoms with Crippen molar-refractivity contribution in [2.75, 3.05) is 11.9 Å². The predicted octanol–water partition coefficient (Wildman–Crippen LogP) is 5.81. The molecule has 2 aromatic carbocycles. The maximum atomic E-state index is 13.0. The molecule has 170 valence electrons. The van der Waals surface area contributed by atoms with Gasteiger partial charge in [-0.2, -0.15) is 0 Å². The molecule has 0 bridgehead atoms. The van der Waals surface area contributed by atoms with Crippen LogP contribution in [0.2, 0.25) is 0 Å². The summed E-state index contributed by atoms with van der Waals surface area (Å²) in [6.07, 6.45) is 3.19. The van der Waals surface area contributed by atoms with Crippen LogP contribution in [0, 0.1) is 0 Å². The highest BCUT2D eigenvalue weighted by atomic mass is 35.5. The molecule has 0 radical (unpaired) electrons. The summed E-state index contributed by atoms with van der Waals surface area (Å²) in [5.74, 6) is 0.280. The van der Waals surface area contributed by atoms with Gasteiger partial charge >= 0.3 is 5.57 Å². The minimum absolute atomic E-state index is 0.0881. The van der Waals surface area contributed by atoms with Crippen LogP contribution in [0.4, 0.5) is 14.5 Å². The van der Waals surface area contributed by atoms with Gasteiger partial charge in [-0.15, -0.1) is 8.78 Å². The number of carbonyl (C=O) groups excluding carboxylic acids is 1. The highest BCUT2D eigenvalue weighted by Crippen LogP contribution is 2.35. The van der Waals surface area contributed by atoms with E-state index in [0.717, 1.165) is 22.5 Å². The number of nitrogens with zero attached hydrogens (tertiary/aromatic N) is 2. The lowest BCUT2D eigenvalue weighted by molar-refractivity contribution is -0.0964. The van der Waals surface area contributed by atoms with Gasteiger partial charge in [0.2, 0.25) is 0 Å². The Morgan fingerprint density at radius 1 is 1.27 bits per heavy atom. The Morgan fingerprint density at radius 2 is 2.06 bits per heavy atom. The third-order valence-electron chi connectivity index (χ3n) is 5.33. The molecular weight excluding hydrogens is 456 g/mol. The quantitative estimate of drug-likeness (QED) is 0.370. The van der Waals surface area contributed by atoms with E-state index in [0.29, 0.717) is 30.0 Å². The molecule has 1 atom stereocenters. The first-order valence-electron chi connectivity index (χ1n) is 10.1. The van der Waals surface area contributed by atoms with E-state index in [1.54, 1.807) is 24.7 Å². The number of benzene rings is 2. The van der Waals surface area contributed by atoms with E-state index >= 15 is 0 Å². The minimum atomic E-state index is -3.81. The standard InChI is InChI=1S/C23H18ClF2N3O4/c1-13-10-32-12-20-28-19-9-15(8-18(21(19)29(13)20)14-6-7-31-11-14)22(30)27-16-2-4-17(5-3-16)33-23(24,25)26/h2-9,11,13H,10,12H2,1H3,(H,27,30)/t13-/m1/s1. The second-order valence-electron chi connectivity index (χ2n) is 7.69. The molecule has 1 aliphatic heterocycles. The first-order chi connectivity index (χ1) is 15.8. The molecule has 0 saturated carbocycles. The first-order valence-corrected chi connectivity index (χ1v) is 10.5. The highest BCUT2D eigenvalue weighted by Gasteiger charge is 2.28. The number of nitrogens with one attached hydrogen (secondary N) is 1. The Balaban J connectivity index is 1.50. The van der Waals surface area contributed by atoms with Crippen molar-refractivity contribution in [2.45, 2.75) is 25.1 Å². The Kier molecular flexibility index (Phi) is 5.30. The highest BCUT2D eigenvalue weighted by molar-refractivity contribution is 6.20. The van der Waals surface area contributed by atoms with E-state index in [4.69, 9.17) is 25.7 Å². The number of anilines is 1. The number of ether oxygens (including phenoxy) is 2. The van der Waals surface area contributed by atoms with Gasteiger partial charge in [-0.25, -0.2) is 4.98 Å². The van der Waals surface area contributed by atoms with E-state index in [1.807, 2.05) is 6.07 Å². The van der Waals surface area contributed by atoms with Gasteiger partial charge in [0, 0.05) is 34.0 Å². The van der Waals surface area contributed by atoms with Gasteiger partial charge in [0.25, 0.3) is 5.91 Å². The van der Waals surface area contributed by atoms with Crippen molar-refractivity contribution >= 4 is 34.2 Å². The summed E-state index contributed by atoms with van der Waals surface area (Å²) < 4.78 is 42.9. The Hall–Kier alpha value is -3.43. The number of imidazole rings is 1. The van der Waals surface area contributed by atoms with E-state index < -0.39 is 5.57 Å². The van der Waals surface area contributed by atoms with Crippen LogP contribution < -0.4 is 10.1 Å². The molecule has 0 unspecified atom stereocenters. The van der Waals surface area contributed by atoms with Crippen molar-refractivity contribution in [2.24, 2.45) is 0 Å². The lowest BCUT2D eigenvalue weighted by Crippen LogP contribution is -2.21. The van der Waals surface area contributed by atoms with Crippen molar-refractivity contribution in [1.82, 2.24) is 9.55 Å². The predicted molar refractivity (Wildman–Crippen MR) is 118 cm³/mol. The zero-order valence-electron chi connectivity index (χ0n) is 17.3. The van der Waals surface area contributed by atoms with Gasteiger partial charge in [0.1, 0.15) is 18.2 Å². The SMILES string of the molecule is C[C@@H]1COCc2nc3cc(C(=O)Nc4ccc(OC(F)(F)Cl)cc4)cc(-c4ccoc4)c3n21. The number of carbonyl (C=O) groups is 1. The van der Waals surface area contributed by atoms with Crippen LogP contribution in [0.5, 0.6) is 5.75 Å². The maximum Gasteiger partial charge on any atom is 0.487 e. The van der Waals surface area contributed by atoms with Crippen molar-refractivity contribution in [3.8, 4) is 16.9 Å². The van der Waals surface area contributed by atoms with E-state index in [2.05, 4.69) is 21.5 Å². The van der Waals surface area contributed by atoms with Crippen LogP contribution in [0.1, 0.15) is 29.1 Å². The third-order valence-corrected chi connectivity index (χ3v) is 5.41. The molecule has 3 heterocycles.